The van der Waals surface area contributed by atoms with Gasteiger partial charge < -0.3 is 14.3 Å². The Labute approximate surface area is 233 Å². The molecule has 2 unspecified atom stereocenters. The van der Waals surface area contributed by atoms with Gasteiger partial charge in [0, 0.05) is 35.6 Å². The van der Waals surface area contributed by atoms with E-state index in [9.17, 15) is 18.1 Å². The standard InChI is InChI=1S/C25H33IN3O6PS/c1-5-34-36(4,31)14-8-6-7-13-29(37(32)33)16-21-20(26)15-19-22(24(30)27-3)23(35-25(19)28-21)18-11-9-17(2)10-12-18/h9-12,15H,5-8,13-14,16H2,1-4H3,(H,27,30)(H,32,33). The zero-order valence-electron chi connectivity index (χ0n) is 21.5. The lowest BCUT2D eigenvalue weighted by molar-refractivity contribution is 0.0964. The highest BCUT2D eigenvalue weighted by atomic mass is 127. The van der Waals surface area contributed by atoms with Gasteiger partial charge in [-0.1, -0.05) is 36.2 Å². The minimum Gasteiger partial charge on any atom is -0.437 e. The van der Waals surface area contributed by atoms with E-state index < -0.39 is 18.6 Å². The molecule has 1 amide bonds. The fourth-order valence-electron chi connectivity index (χ4n) is 3.99. The number of carbonyl (C=O) groups excluding carboxylic acids is 1. The minimum atomic E-state index is -2.57. The molecule has 0 aliphatic carbocycles. The van der Waals surface area contributed by atoms with Gasteiger partial charge in [0.2, 0.25) is 17.0 Å². The molecule has 0 bridgehead atoms. The zero-order chi connectivity index (χ0) is 27.2. The molecule has 37 heavy (non-hydrogen) atoms. The number of nitrogens with zero attached hydrogens (tertiary/aromatic N) is 2. The molecule has 0 saturated carbocycles. The number of nitrogens with one attached hydrogen (secondary N) is 1. The van der Waals surface area contributed by atoms with Gasteiger partial charge in [-0.05, 0) is 55.3 Å². The summed E-state index contributed by atoms with van der Waals surface area (Å²) in [7, 11) is -1.00. The van der Waals surface area contributed by atoms with E-state index in [0.29, 0.717) is 53.9 Å². The first-order chi connectivity index (χ1) is 17.6. The number of fused-ring (bicyclic) bond motifs is 1. The number of unbranched alkanes of at least 4 members (excludes halogenated alkanes) is 2. The molecule has 0 aliphatic rings. The number of carbonyl (C=O) groups is 1. The lowest BCUT2D eigenvalue weighted by Gasteiger charge is -2.18. The van der Waals surface area contributed by atoms with Crippen LogP contribution in [0.4, 0.5) is 0 Å². The number of furan rings is 1. The molecule has 0 aliphatic heterocycles. The SMILES string of the molecule is CCOP(C)(=O)CCCCCN(Cc1nc2oc(-c3ccc(C)cc3)c(C(=O)NC)c2cc1I)S(=O)O. The Balaban J connectivity index is 1.81. The average molecular weight is 661 g/mol. The molecule has 3 aromatic rings. The van der Waals surface area contributed by atoms with E-state index in [4.69, 9.17) is 8.94 Å². The Bertz CT molecular complexity index is 1310. The highest BCUT2D eigenvalue weighted by Crippen LogP contribution is 2.43. The number of amides is 1. The van der Waals surface area contributed by atoms with E-state index in [1.165, 1.54) is 4.31 Å². The normalized spacial score (nSPS) is 14.1. The van der Waals surface area contributed by atoms with Gasteiger partial charge in [-0.25, -0.2) is 9.19 Å². The Hall–Kier alpha value is -1.63. The summed E-state index contributed by atoms with van der Waals surface area (Å²) in [5.41, 5.74) is 3.13. The quantitative estimate of drug-likeness (QED) is 0.103. The van der Waals surface area contributed by atoms with Crippen LogP contribution in [0.3, 0.4) is 0 Å². The lowest BCUT2D eigenvalue weighted by Crippen LogP contribution is -2.27. The van der Waals surface area contributed by atoms with Crippen LogP contribution in [-0.4, -0.2) is 57.0 Å². The highest BCUT2D eigenvalue weighted by Gasteiger charge is 2.24. The molecule has 2 heterocycles. The largest absolute Gasteiger partial charge is 0.437 e. The van der Waals surface area contributed by atoms with Gasteiger partial charge in [-0.15, -0.1) is 0 Å². The smallest absolute Gasteiger partial charge is 0.255 e. The maximum absolute atomic E-state index is 12.8. The Kier molecular flexibility index (Phi) is 10.9. The van der Waals surface area contributed by atoms with Crippen LogP contribution in [0.5, 0.6) is 0 Å². The monoisotopic (exact) mass is 661 g/mol. The second-order valence-corrected chi connectivity index (χ2v) is 13.7. The maximum atomic E-state index is 12.8. The molecular weight excluding hydrogens is 628 g/mol. The molecule has 2 aromatic heterocycles. The summed E-state index contributed by atoms with van der Waals surface area (Å²) in [6.07, 6.45) is 2.64. The van der Waals surface area contributed by atoms with Crippen molar-refractivity contribution in [2.45, 2.75) is 39.7 Å². The molecule has 9 nitrogen and oxygen atoms in total. The van der Waals surface area contributed by atoms with Crippen molar-refractivity contribution in [1.82, 2.24) is 14.6 Å². The van der Waals surface area contributed by atoms with Gasteiger partial charge in [0.1, 0.15) is 5.76 Å². The third-order valence-corrected chi connectivity index (χ3v) is 9.52. The van der Waals surface area contributed by atoms with Crippen LogP contribution in [0.25, 0.3) is 22.4 Å². The lowest BCUT2D eigenvalue weighted by atomic mass is 10.0. The molecule has 202 valence electrons. The first-order valence-electron chi connectivity index (χ1n) is 12.0. The Morgan fingerprint density at radius 3 is 2.59 bits per heavy atom. The highest BCUT2D eigenvalue weighted by molar-refractivity contribution is 14.1. The van der Waals surface area contributed by atoms with Crippen molar-refractivity contribution in [3.63, 3.8) is 0 Å². The van der Waals surface area contributed by atoms with Crippen LogP contribution in [0.2, 0.25) is 0 Å². The van der Waals surface area contributed by atoms with Crippen LogP contribution < -0.4 is 5.32 Å². The Morgan fingerprint density at radius 2 is 1.97 bits per heavy atom. The van der Waals surface area contributed by atoms with Crippen molar-refractivity contribution in [1.29, 1.82) is 0 Å². The topological polar surface area (TPSA) is 122 Å². The number of aromatic nitrogens is 1. The second-order valence-electron chi connectivity index (χ2n) is 8.83. The van der Waals surface area contributed by atoms with E-state index >= 15 is 0 Å². The number of hydrogen-bond donors (Lipinski definition) is 2. The van der Waals surface area contributed by atoms with Crippen LogP contribution in [0.15, 0.2) is 34.7 Å². The second kappa shape index (κ2) is 13.4. The molecule has 2 N–H and O–H groups in total. The van der Waals surface area contributed by atoms with E-state index in [1.54, 1.807) is 13.7 Å². The van der Waals surface area contributed by atoms with E-state index in [0.717, 1.165) is 27.5 Å². The van der Waals surface area contributed by atoms with Crippen molar-refractivity contribution < 1.29 is 27.1 Å². The predicted molar refractivity (Wildman–Crippen MR) is 155 cm³/mol. The average Bonchev–Trinajstić information content (AvgIpc) is 3.20. The van der Waals surface area contributed by atoms with E-state index in [2.05, 4.69) is 32.9 Å². The van der Waals surface area contributed by atoms with Crippen molar-refractivity contribution in [3.05, 3.63) is 50.7 Å². The van der Waals surface area contributed by atoms with Crippen molar-refractivity contribution in [2.75, 3.05) is 33.0 Å². The summed E-state index contributed by atoms with van der Waals surface area (Å²) in [6, 6.07) is 9.52. The molecule has 1 aromatic carbocycles. The molecule has 0 fully saturated rings. The predicted octanol–water partition coefficient (Wildman–Crippen LogP) is 5.82. The van der Waals surface area contributed by atoms with Gasteiger partial charge in [0.05, 0.1) is 29.8 Å². The summed E-state index contributed by atoms with van der Waals surface area (Å²) >= 11 is -0.0704. The summed E-state index contributed by atoms with van der Waals surface area (Å²) in [5, 5.41) is 3.26. The van der Waals surface area contributed by atoms with E-state index in [-0.39, 0.29) is 12.5 Å². The fourth-order valence-corrected chi connectivity index (χ4v) is 6.58. The van der Waals surface area contributed by atoms with Crippen molar-refractivity contribution in [3.8, 4) is 11.3 Å². The van der Waals surface area contributed by atoms with Gasteiger partial charge in [-0.3, -0.25) is 13.9 Å². The number of pyridine rings is 1. The van der Waals surface area contributed by atoms with Crippen LogP contribution in [0.1, 0.15) is 47.8 Å². The molecular formula is C25H33IN3O6PS. The van der Waals surface area contributed by atoms with Gasteiger partial charge >= 0.3 is 0 Å². The van der Waals surface area contributed by atoms with Crippen molar-refractivity contribution in [2.24, 2.45) is 0 Å². The number of benzene rings is 1. The number of rotatable bonds is 13. The van der Waals surface area contributed by atoms with Crippen molar-refractivity contribution >= 4 is 58.2 Å². The van der Waals surface area contributed by atoms with Crippen LogP contribution in [-0.2, 0) is 26.9 Å². The van der Waals surface area contributed by atoms with Gasteiger partial charge in [0.15, 0.2) is 7.37 Å². The molecule has 0 radical (unpaired) electrons. The van der Waals surface area contributed by atoms with Crippen LogP contribution in [0, 0.1) is 10.5 Å². The molecule has 2 atom stereocenters. The first-order valence-corrected chi connectivity index (χ1v) is 16.4. The number of aryl methyl sites for hydroxylation is 1. The molecule has 3 rings (SSSR count). The summed E-state index contributed by atoms with van der Waals surface area (Å²) in [6.45, 7) is 6.38. The van der Waals surface area contributed by atoms with Gasteiger partial charge in [0.25, 0.3) is 5.91 Å². The molecule has 12 heteroatoms. The number of halogens is 1. The molecule has 0 spiro atoms. The third-order valence-electron chi connectivity index (χ3n) is 5.90. The summed E-state index contributed by atoms with van der Waals surface area (Å²) in [4.78, 5) is 17.4. The summed E-state index contributed by atoms with van der Waals surface area (Å²) < 4.78 is 47.7. The molecule has 0 saturated heterocycles. The van der Waals surface area contributed by atoms with E-state index in [1.807, 2.05) is 44.2 Å². The summed E-state index contributed by atoms with van der Waals surface area (Å²) in [5.74, 6) is 0.149. The van der Waals surface area contributed by atoms with Crippen LogP contribution >= 0.6 is 30.0 Å². The fraction of sp³-hybridized carbons (Fsp3) is 0.440. The van der Waals surface area contributed by atoms with Gasteiger partial charge in [-0.2, -0.15) is 4.31 Å². The number of hydrogen-bond acceptors (Lipinski definition) is 6. The Morgan fingerprint density at radius 1 is 1.27 bits per heavy atom. The third kappa shape index (κ3) is 7.93. The first kappa shape index (κ1) is 29.9. The maximum Gasteiger partial charge on any atom is 0.255 e. The zero-order valence-corrected chi connectivity index (χ0v) is 25.3. The minimum absolute atomic E-state index is 0.137.